The fourth-order valence-electron chi connectivity index (χ4n) is 1.33. The van der Waals surface area contributed by atoms with E-state index in [4.69, 9.17) is 0 Å². The predicted molar refractivity (Wildman–Crippen MR) is 77.7 cm³/mol. The second-order valence-electron chi connectivity index (χ2n) is 7.69. The van der Waals surface area contributed by atoms with E-state index in [1.165, 1.54) is 0 Å². The van der Waals surface area contributed by atoms with Crippen LogP contribution in [0.25, 0.3) is 0 Å². The van der Waals surface area contributed by atoms with Crippen LogP contribution in [0.4, 0.5) is 74.6 Å². The number of rotatable bonds is 7. The lowest BCUT2D eigenvalue weighted by Gasteiger charge is -2.42. The fraction of sp³-hybridized carbons (Fsp3) is 1.00. The maximum absolute atomic E-state index is 13.1. The van der Waals surface area contributed by atoms with Crippen LogP contribution in [0.15, 0.2) is 0 Å². The molecule has 0 aromatic heterocycles. The van der Waals surface area contributed by atoms with Crippen LogP contribution in [-0.4, -0.2) is 88.1 Å². The number of halogens is 18. The van der Waals surface area contributed by atoms with Gasteiger partial charge in [-0.3, -0.25) is 0 Å². The van der Waals surface area contributed by atoms with Crippen molar-refractivity contribution in [3.05, 3.63) is 0 Å². The van der Waals surface area contributed by atoms with Crippen LogP contribution < -0.4 is 17.5 Å². The number of quaternary nitrogens is 1. The van der Waals surface area contributed by atoms with E-state index >= 15 is 0 Å². The second-order valence-corrected chi connectivity index (χ2v) is 9.29. The molecule has 0 saturated heterocycles. The first-order valence-electron chi connectivity index (χ1n) is 7.52. The van der Waals surface area contributed by atoms with E-state index < -0.39 is 57.0 Å². The number of sulfonamides is 1. The van der Waals surface area contributed by atoms with Crippen LogP contribution in [0.3, 0.4) is 0 Å². The first-order valence-corrected chi connectivity index (χ1v) is 9.07. The third-order valence-electron chi connectivity index (χ3n) is 3.05. The van der Waals surface area contributed by atoms with Gasteiger partial charge in [-0.25, -0.2) is 13.6 Å². The molecule has 0 aliphatic rings. The van der Waals surface area contributed by atoms with Gasteiger partial charge >= 0.3 is 47.0 Å². The smallest absolute Gasteiger partial charge is 0.460 e. The Kier molecular flexibility index (Phi) is 10.7. The van der Waals surface area contributed by atoms with Gasteiger partial charge in [0.05, 0.1) is 28.2 Å². The van der Waals surface area contributed by atoms with Gasteiger partial charge in [-0.15, -0.1) is 0 Å². The van der Waals surface area contributed by atoms with Crippen molar-refractivity contribution in [2.24, 2.45) is 5.14 Å². The molecule has 216 valence electrons. The molecule has 0 spiro atoms. The summed E-state index contributed by atoms with van der Waals surface area (Å²) in [6.45, 7) is 0. The third-order valence-corrected chi connectivity index (χ3v) is 4.02. The van der Waals surface area contributed by atoms with Crippen molar-refractivity contribution in [1.29, 1.82) is 0 Å². The van der Waals surface area contributed by atoms with E-state index in [0.29, 0.717) is 0 Å². The number of nitrogens with zero attached hydrogens (tertiary/aromatic N) is 1. The molecular weight excluding hydrogens is 595 g/mol. The van der Waals surface area contributed by atoms with E-state index in [9.17, 15) is 83.1 Å². The fourth-order valence-corrected chi connectivity index (χ4v) is 1.81. The van der Waals surface area contributed by atoms with Crippen LogP contribution in [0, 0.1) is 0 Å². The molecular formula is C12H14ClF17N2O2S. The predicted octanol–water partition coefficient (Wildman–Crippen LogP) is 1.57. The molecule has 0 bridgehead atoms. The average Bonchev–Trinajstić information content (AvgIpc) is 2.49. The quantitative estimate of drug-likeness (QED) is 0.353. The van der Waals surface area contributed by atoms with Crippen molar-refractivity contribution in [3.8, 4) is 0 Å². The van der Waals surface area contributed by atoms with Crippen molar-refractivity contribution in [3.63, 3.8) is 0 Å². The maximum atomic E-state index is 13.1. The first-order chi connectivity index (χ1) is 14.0. The van der Waals surface area contributed by atoms with Crippen molar-refractivity contribution in [2.75, 3.05) is 28.2 Å². The van der Waals surface area contributed by atoms with Crippen LogP contribution in [0.1, 0.15) is 0 Å². The summed E-state index contributed by atoms with van der Waals surface area (Å²) in [7, 11) is 1.11. The Morgan fingerprint density at radius 3 is 0.829 bits per heavy atom. The summed E-state index contributed by atoms with van der Waals surface area (Å²) >= 11 is 0. The van der Waals surface area contributed by atoms with Crippen LogP contribution in [0.2, 0.25) is 0 Å². The van der Waals surface area contributed by atoms with Gasteiger partial charge in [-0.05, 0) is 0 Å². The normalized spacial score (nSPS) is 15.7. The molecule has 4 nitrogen and oxygen atoms in total. The highest BCUT2D eigenvalue weighted by atomic mass is 35.5. The summed E-state index contributed by atoms with van der Waals surface area (Å²) in [5.74, 6) is -51.6. The van der Waals surface area contributed by atoms with E-state index in [1.54, 1.807) is 0 Å². The molecule has 0 heterocycles. The minimum absolute atomic E-state index is 0. The molecule has 0 aliphatic carbocycles. The van der Waals surface area contributed by atoms with Gasteiger partial charge in [0.1, 0.15) is 0 Å². The zero-order valence-electron chi connectivity index (χ0n) is 17.1. The Morgan fingerprint density at radius 1 is 0.486 bits per heavy atom. The van der Waals surface area contributed by atoms with Crippen molar-refractivity contribution in [2.45, 2.75) is 47.0 Å². The number of hydrogen-bond acceptors (Lipinski definition) is 2. The Bertz CT molecular complexity index is 827. The lowest BCUT2D eigenvalue weighted by atomic mass is 9.91. The standard InChI is InChI=1S/C8H2F17NO2S.C4H12N.ClH/c9-1(10,3(13,14)5(17,18)7(21,22)23)2(11,12)4(15,16)6(19,20)8(24,25)29(26,27)28;1-5(2,3)4;/h(H2,26,27,28);1-4H3;1H/q;+1;/p-1. The van der Waals surface area contributed by atoms with Gasteiger partial charge in [0.25, 0.3) is 10.0 Å². The van der Waals surface area contributed by atoms with E-state index in [-0.39, 0.29) is 12.4 Å². The van der Waals surface area contributed by atoms with Gasteiger partial charge < -0.3 is 16.9 Å². The van der Waals surface area contributed by atoms with Gasteiger partial charge in [-0.1, -0.05) is 0 Å². The van der Waals surface area contributed by atoms with Crippen molar-refractivity contribution >= 4 is 10.0 Å². The van der Waals surface area contributed by atoms with Crippen LogP contribution >= 0.6 is 0 Å². The molecule has 0 atom stereocenters. The molecule has 35 heavy (non-hydrogen) atoms. The number of primary sulfonamides is 1. The number of hydrogen-bond donors (Lipinski definition) is 1. The largest absolute Gasteiger partial charge is 1.00 e. The highest BCUT2D eigenvalue weighted by molar-refractivity contribution is 7.90. The maximum Gasteiger partial charge on any atom is 0.460 e. The zero-order chi connectivity index (χ0) is 29.0. The molecule has 0 amide bonds. The van der Waals surface area contributed by atoms with Crippen molar-refractivity contribution in [1.82, 2.24) is 0 Å². The molecule has 0 fully saturated rings. The molecule has 2 N–H and O–H groups in total. The summed E-state index contributed by atoms with van der Waals surface area (Å²) in [5.41, 5.74) is 0. The highest BCUT2D eigenvalue weighted by Crippen LogP contribution is 2.64. The third kappa shape index (κ3) is 6.28. The molecule has 0 rings (SSSR count). The van der Waals surface area contributed by atoms with E-state index in [2.05, 4.69) is 33.3 Å². The Hall–Kier alpha value is -1.03. The van der Waals surface area contributed by atoms with Crippen molar-refractivity contribution < 1.29 is 99.9 Å². The lowest BCUT2D eigenvalue weighted by molar-refractivity contribution is -0.849. The van der Waals surface area contributed by atoms with Crippen LogP contribution in [-0.2, 0) is 10.0 Å². The molecule has 0 aliphatic heterocycles. The topological polar surface area (TPSA) is 60.2 Å². The van der Waals surface area contributed by atoms with E-state index in [1.807, 2.05) is 0 Å². The minimum atomic E-state index is -8.84. The zero-order valence-corrected chi connectivity index (χ0v) is 18.6. The minimum Gasteiger partial charge on any atom is -1.00 e. The molecule has 0 aromatic rings. The number of alkyl halides is 17. The summed E-state index contributed by atoms with van der Waals surface area (Å²) in [6, 6.07) is 0. The summed E-state index contributed by atoms with van der Waals surface area (Å²) in [4.78, 5) is 0. The Balaban J connectivity index is -0.00000154. The lowest BCUT2D eigenvalue weighted by Crippen LogP contribution is -3.00. The van der Waals surface area contributed by atoms with E-state index in [0.717, 1.165) is 4.48 Å². The number of nitrogens with two attached hydrogens (primary N) is 1. The highest BCUT2D eigenvalue weighted by Gasteiger charge is 2.96. The van der Waals surface area contributed by atoms with Gasteiger partial charge in [0.2, 0.25) is 0 Å². The summed E-state index contributed by atoms with van der Waals surface area (Å²) in [6.07, 6.45) is -7.86. The van der Waals surface area contributed by atoms with Gasteiger partial charge in [-0.2, -0.15) is 74.6 Å². The molecule has 23 heteroatoms. The molecule has 0 unspecified atom stereocenters. The first kappa shape index (κ1) is 38.5. The summed E-state index contributed by atoms with van der Waals surface area (Å²) in [5, 5.41) is -4.30. The SMILES string of the molecule is C[N+](C)(C)C.NS(=O)(=O)C(F)(F)C(F)(F)C(F)(F)C(F)(F)C(F)(F)C(F)(F)C(F)(F)C(F)(F)F.[Cl-]. The monoisotopic (exact) mass is 608 g/mol. The Labute approximate surface area is 191 Å². The average molecular weight is 609 g/mol. The summed E-state index contributed by atoms with van der Waals surface area (Å²) < 4.78 is 237. The molecule has 0 aromatic carbocycles. The van der Waals surface area contributed by atoms with Gasteiger partial charge in [0.15, 0.2) is 0 Å². The second kappa shape index (κ2) is 9.69. The molecule has 0 radical (unpaired) electrons. The molecule has 0 saturated carbocycles. The van der Waals surface area contributed by atoms with Crippen LogP contribution in [0.5, 0.6) is 0 Å². The Morgan fingerprint density at radius 2 is 0.657 bits per heavy atom. The van der Waals surface area contributed by atoms with Gasteiger partial charge in [0, 0.05) is 0 Å².